The van der Waals surface area contributed by atoms with Gasteiger partial charge in [-0.2, -0.15) is 4.31 Å². The summed E-state index contributed by atoms with van der Waals surface area (Å²) in [6, 6.07) is 3.55. The molecule has 9 nitrogen and oxygen atoms in total. The van der Waals surface area contributed by atoms with Crippen molar-refractivity contribution in [1.82, 2.24) is 9.62 Å². The zero-order valence-electron chi connectivity index (χ0n) is 16.3. The van der Waals surface area contributed by atoms with Crippen LogP contribution in [-0.4, -0.2) is 65.1 Å². The molecule has 0 saturated carbocycles. The molecule has 1 aromatic carbocycles. The fourth-order valence-electron chi connectivity index (χ4n) is 3.07. The molecule has 0 radical (unpaired) electrons. The van der Waals surface area contributed by atoms with Crippen LogP contribution in [0.1, 0.15) is 25.7 Å². The van der Waals surface area contributed by atoms with E-state index in [-0.39, 0.29) is 36.3 Å². The molecule has 0 aliphatic carbocycles. The third kappa shape index (κ3) is 4.93. The monoisotopic (exact) mass is 414 g/mol. The van der Waals surface area contributed by atoms with Gasteiger partial charge in [0.25, 0.3) is 0 Å². The lowest BCUT2D eigenvalue weighted by atomic mass is 10.2. The Morgan fingerprint density at radius 1 is 1.18 bits per heavy atom. The zero-order valence-corrected chi connectivity index (χ0v) is 17.1. The van der Waals surface area contributed by atoms with E-state index in [9.17, 15) is 18.0 Å². The summed E-state index contributed by atoms with van der Waals surface area (Å²) in [5.41, 5.74) is 0. The number of carbonyl (C=O) groups is 2. The first-order valence-electron chi connectivity index (χ1n) is 8.93. The summed E-state index contributed by atoms with van der Waals surface area (Å²) >= 11 is 0. The number of benzene rings is 1. The predicted octanol–water partition coefficient (Wildman–Crippen LogP) is 0.926. The largest absolute Gasteiger partial charge is 0.493 e. The fourth-order valence-corrected chi connectivity index (χ4v) is 4.74. The Hall–Kier alpha value is -2.33. The van der Waals surface area contributed by atoms with Crippen molar-refractivity contribution in [2.45, 2.75) is 36.6 Å². The minimum absolute atomic E-state index is 0.0375. The number of hydrogen-bond donors (Lipinski definition) is 1. The van der Waals surface area contributed by atoms with Gasteiger partial charge in [-0.25, -0.2) is 8.42 Å². The number of nitrogens with one attached hydrogen (secondary N) is 1. The Balaban J connectivity index is 2.10. The van der Waals surface area contributed by atoms with Gasteiger partial charge in [-0.05, 0) is 31.4 Å². The van der Waals surface area contributed by atoms with E-state index in [1.807, 2.05) is 0 Å². The summed E-state index contributed by atoms with van der Waals surface area (Å²) in [6.45, 7) is 0.533. The summed E-state index contributed by atoms with van der Waals surface area (Å²) in [4.78, 5) is 23.6. The highest BCUT2D eigenvalue weighted by Crippen LogP contribution is 2.33. The molecule has 1 aliphatic heterocycles. The van der Waals surface area contributed by atoms with Crippen LogP contribution in [-0.2, 0) is 24.3 Å². The van der Waals surface area contributed by atoms with E-state index in [0.717, 1.165) is 0 Å². The second kappa shape index (κ2) is 9.74. The van der Waals surface area contributed by atoms with Crippen molar-refractivity contribution < 1.29 is 32.2 Å². The molecule has 1 aliphatic rings. The van der Waals surface area contributed by atoms with E-state index in [0.29, 0.717) is 30.8 Å². The minimum atomic E-state index is -3.88. The molecule has 0 bridgehead atoms. The summed E-state index contributed by atoms with van der Waals surface area (Å²) < 4.78 is 42.2. The van der Waals surface area contributed by atoms with Gasteiger partial charge < -0.3 is 19.5 Å². The Morgan fingerprint density at radius 2 is 1.89 bits per heavy atom. The van der Waals surface area contributed by atoms with Crippen molar-refractivity contribution in [3.63, 3.8) is 0 Å². The first-order valence-corrected chi connectivity index (χ1v) is 10.4. The van der Waals surface area contributed by atoms with Crippen LogP contribution in [0.15, 0.2) is 23.1 Å². The van der Waals surface area contributed by atoms with Crippen LogP contribution >= 0.6 is 0 Å². The van der Waals surface area contributed by atoms with Crippen LogP contribution in [0.25, 0.3) is 0 Å². The van der Waals surface area contributed by atoms with Gasteiger partial charge in [0.1, 0.15) is 6.04 Å². The molecule has 1 aromatic rings. The van der Waals surface area contributed by atoms with Gasteiger partial charge in [0.2, 0.25) is 15.9 Å². The molecule has 1 N–H and O–H groups in total. The summed E-state index contributed by atoms with van der Waals surface area (Å²) in [5.74, 6) is -0.00598. The van der Waals surface area contributed by atoms with Gasteiger partial charge >= 0.3 is 5.97 Å². The van der Waals surface area contributed by atoms with E-state index in [4.69, 9.17) is 9.47 Å². The molecule has 1 atom stereocenters. The Labute approximate surface area is 165 Å². The third-order valence-corrected chi connectivity index (χ3v) is 6.46. The van der Waals surface area contributed by atoms with E-state index in [2.05, 4.69) is 10.1 Å². The third-order valence-electron chi connectivity index (χ3n) is 4.55. The van der Waals surface area contributed by atoms with Crippen LogP contribution in [0.5, 0.6) is 11.5 Å². The lowest BCUT2D eigenvalue weighted by Crippen LogP contribution is -2.46. The van der Waals surface area contributed by atoms with Crippen LogP contribution in [0, 0.1) is 0 Å². The number of amides is 1. The van der Waals surface area contributed by atoms with E-state index in [1.54, 1.807) is 0 Å². The second-order valence-electron chi connectivity index (χ2n) is 6.26. The number of methoxy groups -OCH3 is 3. The van der Waals surface area contributed by atoms with Gasteiger partial charge in [-0.1, -0.05) is 0 Å². The maximum Gasteiger partial charge on any atom is 0.305 e. The van der Waals surface area contributed by atoms with Crippen LogP contribution in [0.3, 0.4) is 0 Å². The van der Waals surface area contributed by atoms with Crippen molar-refractivity contribution in [2.75, 3.05) is 34.4 Å². The Kier molecular flexibility index (Phi) is 7.64. The number of sulfonamides is 1. The molecular formula is C18H26N2O7S. The number of carbonyl (C=O) groups excluding carboxylic acids is 2. The van der Waals surface area contributed by atoms with E-state index >= 15 is 0 Å². The summed E-state index contributed by atoms with van der Waals surface area (Å²) in [7, 11) is 0.317. The van der Waals surface area contributed by atoms with E-state index < -0.39 is 16.1 Å². The van der Waals surface area contributed by atoms with E-state index in [1.165, 1.54) is 43.8 Å². The molecule has 1 fully saturated rings. The Morgan fingerprint density at radius 3 is 2.54 bits per heavy atom. The minimum Gasteiger partial charge on any atom is -0.493 e. The molecule has 2 rings (SSSR count). The molecule has 1 unspecified atom stereocenters. The maximum absolute atomic E-state index is 13.1. The van der Waals surface area contributed by atoms with Crippen molar-refractivity contribution in [3.05, 3.63) is 18.2 Å². The standard InChI is InChI=1S/C18H26N2O7S/c1-25-15-9-8-13(12-16(15)26-2)28(23,24)20-11-5-6-14(20)18(22)19-10-4-7-17(21)27-3/h8-9,12,14H,4-7,10-11H2,1-3H3,(H,19,22). The molecule has 1 saturated heterocycles. The lowest BCUT2D eigenvalue weighted by Gasteiger charge is -2.23. The Bertz CT molecular complexity index is 810. The zero-order chi connectivity index (χ0) is 20.7. The molecule has 0 aromatic heterocycles. The number of esters is 1. The van der Waals surface area contributed by atoms with Crippen LogP contribution in [0.4, 0.5) is 0 Å². The molecule has 0 spiro atoms. The molecular weight excluding hydrogens is 388 g/mol. The average Bonchev–Trinajstić information content (AvgIpc) is 3.21. The van der Waals surface area contributed by atoms with Crippen molar-refractivity contribution in [1.29, 1.82) is 0 Å². The number of nitrogens with zero attached hydrogens (tertiary/aromatic N) is 1. The predicted molar refractivity (Wildman–Crippen MR) is 101 cm³/mol. The highest BCUT2D eigenvalue weighted by atomic mass is 32.2. The van der Waals surface area contributed by atoms with Crippen LogP contribution < -0.4 is 14.8 Å². The highest BCUT2D eigenvalue weighted by molar-refractivity contribution is 7.89. The average molecular weight is 414 g/mol. The molecule has 1 amide bonds. The van der Waals surface area contributed by atoms with Crippen molar-refractivity contribution in [3.8, 4) is 11.5 Å². The van der Waals surface area contributed by atoms with Gasteiger partial charge in [-0.15, -0.1) is 0 Å². The van der Waals surface area contributed by atoms with Gasteiger partial charge in [-0.3, -0.25) is 9.59 Å². The smallest absolute Gasteiger partial charge is 0.305 e. The molecule has 28 heavy (non-hydrogen) atoms. The van der Waals surface area contributed by atoms with Crippen molar-refractivity contribution in [2.24, 2.45) is 0 Å². The molecule has 1 heterocycles. The first kappa shape index (κ1) is 22.0. The van der Waals surface area contributed by atoms with Crippen LogP contribution in [0.2, 0.25) is 0 Å². The maximum atomic E-state index is 13.1. The number of rotatable bonds is 9. The summed E-state index contributed by atoms with van der Waals surface area (Å²) in [5, 5.41) is 2.70. The lowest BCUT2D eigenvalue weighted by molar-refractivity contribution is -0.140. The first-order chi connectivity index (χ1) is 13.3. The summed E-state index contributed by atoms with van der Waals surface area (Å²) in [6.07, 6.45) is 1.64. The number of hydrogen-bond acceptors (Lipinski definition) is 7. The van der Waals surface area contributed by atoms with Crippen molar-refractivity contribution >= 4 is 21.9 Å². The molecule has 156 valence electrons. The SMILES string of the molecule is COC(=O)CCCNC(=O)C1CCCN1S(=O)(=O)c1ccc(OC)c(OC)c1. The normalized spacial score (nSPS) is 17.2. The quantitative estimate of drug-likeness (QED) is 0.472. The van der Waals surface area contributed by atoms with Gasteiger partial charge in [0, 0.05) is 25.6 Å². The highest BCUT2D eigenvalue weighted by Gasteiger charge is 2.39. The topological polar surface area (TPSA) is 111 Å². The second-order valence-corrected chi connectivity index (χ2v) is 8.15. The molecule has 10 heteroatoms. The van der Waals surface area contributed by atoms with Gasteiger partial charge in [0.15, 0.2) is 11.5 Å². The fraction of sp³-hybridized carbons (Fsp3) is 0.556. The van der Waals surface area contributed by atoms with Gasteiger partial charge in [0.05, 0.1) is 26.2 Å². The number of ether oxygens (including phenoxy) is 3.